The van der Waals surface area contributed by atoms with Crippen LogP contribution in [0.15, 0.2) is 28.9 Å². The van der Waals surface area contributed by atoms with E-state index in [1.165, 1.54) is 0 Å². The maximum absolute atomic E-state index is 8.77. The highest BCUT2D eigenvalue weighted by atomic mass is 16.5. The second-order valence-electron chi connectivity index (χ2n) is 4.50. The number of oxime groups is 1. The molecule has 0 aromatic heterocycles. The molecule has 0 fully saturated rings. The van der Waals surface area contributed by atoms with Gasteiger partial charge in [0.25, 0.3) is 0 Å². The first-order valence-electron chi connectivity index (χ1n) is 6.89. The summed E-state index contributed by atoms with van der Waals surface area (Å²) in [6.45, 7) is 8.93. The summed E-state index contributed by atoms with van der Waals surface area (Å²) in [5.41, 5.74) is 2.48. The van der Waals surface area contributed by atoms with Gasteiger partial charge in [-0.25, -0.2) is 0 Å². The van der Waals surface area contributed by atoms with Crippen molar-refractivity contribution >= 4 is 11.8 Å². The van der Waals surface area contributed by atoms with E-state index in [-0.39, 0.29) is 0 Å². The molecule has 4 nitrogen and oxygen atoms in total. The molecular weight excluding hydrogens is 254 g/mol. The fraction of sp³-hybridized carbons (Fsp3) is 0.438. The van der Waals surface area contributed by atoms with Crippen molar-refractivity contribution in [2.75, 3.05) is 13.2 Å². The summed E-state index contributed by atoms with van der Waals surface area (Å²) in [7, 11) is 0. The largest absolute Gasteiger partial charge is 0.490 e. The Bertz CT molecular complexity index is 492. The normalized spacial score (nSPS) is 12.4. The summed E-state index contributed by atoms with van der Waals surface area (Å²) in [6, 6.07) is 5.80. The van der Waals surface area contributed by atoms with Crippen molar-refractivity contribution in [2.24, 2.45) is 5.16 Å². The van der Waals surface area contributed by atoms with E-state index in [1.807, 2.05) is 38.1 Å². The first-order valence-corrected chi connectivity index (χ1v) is 6.89. The van der Waals surface area contributed by atoms with Gasteiger partial charge in [0.1, 0.15) is 0 Å². The van der Waals surface area contributed by atoms with E-state index >= 15 is 0 Å². The highest BCUT2D eigenvalue weighted by molar-refractivity contribution is 6.01. The summed E-state index contributed by atoms with van der Waals surface area (Å²) in [5.74, 6) is 1.50. The van der Waals surface area contributed by atoms with Crippen molar-refractivity contribution in [3.05, 3.63) is 29.3 Å². The van der Waals surface area contributed by atoms with Crippen molar-refractivity contribution in [3.63, 3.8) is 0 Å². The van der Waals surface area contributed by atoms with E-state index < -0.39 is 0 Å². The predicted molar refractivity (Wildman–Crippen MR) is 81.9 cm³/mol. The van der Waals surface area contributed by atoms with E-state index in [0.717, 1.165) is 29.1 Å². The molecule has 0 aliphatic heterocycles. The fourth-order valence-corrected chi connectivity index (χ4v) is 1.65. The number of benzene rings is 1. The Balaban J connectivity index is 3.03. The van der Waals surface area contributed by atoms with Crippen molar-refractivity contribution in [2.45, 2.75) is 34.1 Å². The average Bonchev–Trinajstić information content (AvgIpc) is 2.45. The molecule has 4 heteroatoms. The number of hydrogen-bond acceptors (Lipinski definition) is 4. The molecule has 0 amide bonds. The topological polar surface area (TPSA) is 51.0 Å². The Labute approximate surface area is 120 Å². The zero-order chi connectivity index (χ0) is 15.0. The molecule has 0 heterocycles. The summed E-state index contributed by atoms with van der Waals surface area (Å²) >= 11 is 0. The van der Waals surface area contributed by atoms with Gasteiger partial charge in [-0.15, -0.1) is 0 Å². The molecular formula is C16H23NO3. The first kappa shape index (κ1) is 16.1. The van der Waals surface area contributed by atoms with E-state index in [9.17, 15) is 0 Å². The predicted octanol–water partition coefficient (Wildman–Crippen LogP) is 4.13. The van der Waals surface area contributed by atoms with Gasteiger partial charge in [-0.2, -0.15) is 0 Å². The van der Waals surface area contributed by atoms with Crippen molar-refractivity contribution in [1.82, 2.24) is 0 Å². The van der Waals surface area contributed by atoms with Gasteiger partial charge in [0, 0.05) is 0 Å². The maximum Gasteiger partial charge on any atom is 0.161 e. The molecule has 110 valence electrons. The molecule has 1 N–H and O–H groups in total. The fourth-order valence-electron chi connectivity index (χ4n) is 1.65. The Morgan fingerprint density at radius 2 is 1.95 bits per heavy atom. The zero-order valence-corrected chi connectivity index (χ0v) is 12.6. The summed E-state index contributed by atoms with van der Waals surface area (Å²) in [5, 5.41) is 12.0. The van der Waals surface area contributed by atoms with E-state index in [1.54, 1.807) is 6.92 Å². The van der Waals surface area contributed by atoms with Crippen LogP contribution in [0.5, 0.6) is 11.5 Å². The van der Waals surface area contributed by atoms with Crippen LogP contribution in [0.25, 0.3) is 6.08 Å². The Hall–Kier alpha value is -1.97. The minimum Gasteiger partial charge on any atom is -0.490 e. The number of ether oxygens (including phenoxy) is 2. The molecule has 1 aromatic carbocycles. The Kier molecular flexibility index (Phi) is 6.64. The van der Waals surface area contributed by atoms with E-state index in [4.69, 9.17) is 14.7 Å². The third-order valence-electron chi connectivity index (χ3n) is 2.83. The van der Waals surface area contributed by atoms with Gasteiger partial charge < -0.3 is 14.7 Å². The summed E-state index contributed by atoms with van der Waals surface area (Å²) in [4.78, 5) is 0. The number of nitrogens with zero attached hydrogens (tertiary/aromatic N) is 1. The van der Waals surface area contributed by atoms with Crippen LogP contribution in [-0.2, 0) is 0 Å². The quantitative estimate of drug-likeness (QED) is 0.463. The highest BCUT2D eigenvalue weighted by Gasteiger charge is 2.06. The van der Waals surface area contributed by atoms with Crippen LogP contribution in [0, 0.1) is 0 Å². The van der Waals surface area contributed by atoms with Crippen molar-refractivity contribution in [1.29, 1.82) is 0 Å². The molecule has 0 saturated heterocycles. The summed E-state index contributed by atoms with van der Waals surface area (Å²) < 4.78 is 11.3. The van der Waals surface area contributed by atoms with Crippen LogP contribution in [0.2, 0.25) is 0 Å². The van der Waals surface area contributed by atoms with E-state index in [0.29, 0.717) is 18.9 Å². The molecule has 0 atom stereocenters. The zero-order valence-electron chi connectivity index (χ0n) is 12.6. The average molecular weight is 277 g/mol. The van der Waals surface area contributed by atoms with Gasteiger partial charge in [0.15, 0.2) is 11.5 Å². The van der Waals surface area contributed by atoms with Gasteiger partial charge in [-0.3, -0.25) is 0 Å². The highest BCUT2D eigenvalue weighted by Crippen LogP contribution is 2.29. The molecule has 0 radical (unpaired) electrons. The van der Waals surface area contributed by atoms with Gasteiger partial charge in [0.05, 0.1) is 18.9 Å². The smallest absolute Gasteiger partial charge is 0.161 e. The Morgan fingerprint density at radius 3 is 2.55 bits per heavy atom. The monoisotopic (exact) mass is 277 g/mol. The molecule has 1 aromatic rings. The third-order valence-corrected chi connectivity index (χ3v) is 2.83. The summed E-state index contributed by atoms with van der Waals surface area (Å²) in [6.07, 6.45) is 2.90. The molecule has 0 spiro atoms. The number of rotatable bonds is 7. The molecule has 1 rings (SSSR count). The third kappa shape index (κ3) is 4.61. The molecule has 0 bridgehead atoms. The lowest BCUT2D eigenvalue weighted by molar-refractivity contribution is 0.277. The molecule has 0 aliphatic rings. The van der Waals surface area contributed by atoms with Gasteiger partial charge in [-0.05, 0) is 56.5 Å². The van der Waals surface area contributed by atoms with Gasteiger partial charge in [0.2, 0.25) is 0 Å². The van der Waals surface area contributed by atoms with Crippen LogP contribution in [0.1, 0.15) is 39.7 Å². The van der Waals surface area contributed by atoms with Gasteiger partial charge in [-0.1, -0.05) is 18.1 Å². The van der Waals surface area contributed by atoms with Crippen molar-refractivity contribution < 1.29 is 14.7 Å². The molecule has 0 unspecified atom stereocenters. The molecule has 0 aliphatic carbocycles. The van der Waals surface area contributed by atoms with Crippen LogP contribution in [0.4, 0.5) is 0 Å². The minimum atomic E-state index is 0.589. The van der Waals surface area contributed by atoms with Crippen LogP contribution in [0.3, 0.4) is 0 Å². The second kappa shape index (κ2) is 8.25. The number of allylic oxidation sites excluding steroid dienone is 1. The minimum absolute atomic E-state index is 0.589. The van der Waals surface area contributed by atoms with E-state index in [2.05, 4.69) is 12.1 Å². The maximum atomic E-state index is 8.77. The van der Waals surface area contributed by atoms with Crippen LogP contribution >= 0.6 is 0 Å². The van der Waals surface area contributed by atoms with Gasteiger partial charge >= 0.3 is 0 Å². The van der Waals surface area contributed by atoms with Crippen LogP contribution < -0.4 is 9.47 Å². The number of hydrogen-bond donors (Lipinski definition) is 1. The first-order chi connectivity index (χ1) is 9.62. The molecule has 20 heavy (non-hydrogen) atoms. The van der Waals surface area contributed by atoms with Crippen LogP contribution in [-0.4, -0.2) is 24.1 Å². The lowest BCUT2D eigenvalue weighted by atomic mass is 10.1. The lowest BCUT2D eigenvalue weighted by Crippen LogP contribution is -2.00. The standard InChI is InChI=1S/C16H23NO3/c1-5-9-20-15-8-7-14(11-16(15)19-6-2)10-12(3)13(4)17-18/h7-8,10-11,18H,5-6,9H2,1-4H3/b12-10-,17-13+. The lowest BCUT2D eigenvalue weighted by Gasteiger charge is -2.12. The SMILES string of the molecule is CCCOc1ccc(/C=C(C)\C(C)=N\O)cc1OCC. The van der Waals surface area contributed by atoms with Crippen molar-refractivity contribution in [3.8, 4) is 11.5 Å². The second-order valence-corrected chi connectivity index (χ2v) is 4.50. The molecule has 0 saturated carbocycles. The Morgan fingerprint density at radius 1 is 1.20 bits per heavy atom.